The molecule has 18 heavy (non-hydrogen) atoms. The van der Waals surface area contributed by atoms with E-state index in [0.29, 0.717) is 5.69 Å². The van der Waals surface area contributed by atoms with Crippen molar-refractivity contribution in [1.82, 2.24) is 0 Å². The van der Waals surface area contributed by atoms with E-state index in [1.807, 2.05) is 0 Å². The van der Waals surface area contributed by atoms with Gasteiger partial charge in [-0.05, 0) is 12.1 Å². The Morgan fingerprint density at radius 2 is 1.50 bits per heavy atom. The minimum absolute atomic E-state index is 0.506. The standard InChI is InChI=1S/C12H13NO5/c1-8(14)17-12(18-9(2)15)11(16)13-10-6-4-3-5-7-10/h3-7,12H,1-2H3,(H,13,16). The van der Waals surface area contributed by atoms with E-state index in [4.69, 9.17) is 0 Å². The molecule has 0 fully saturated rings. The van der Waals surface area contributed by atoms with Crippen molar-refractivity contribution in [3.8, 4) is 0 Å². The van der Waals surface area contributed by atoms with Crippen LogP contribution in [0.15, 0.2) is 30.3 Å². The summed E-state index contributed by atoms with van der Waals surface area (Å²) >= 11 is 0. The number of hydrogen-bond donors (Lipinski definition) is 1. The van der Waals surface area contributed by atoms with Gasteiger partial charge in [-0.2, -0.15) is 0 Å². The SMILES string of the molecule is CC(=O)OC(OC(C)=O)C(=O)Nc1ccccc1. The quantitative estimate of drug-likeness (QED) is 0.639. The van der Waals surface area contributed by atoms with E-state index in [2.05, 4.69) is 14.8 Å². The van der Waals surface area contributed by atoms with Gasteiger partial charge in [0.2, 0.25) is 0 Å². The second-order valence-electron chi connectivity index (χ2n) is 3.41. The van der Waals surface area contributed by atoms with Crippen molar-refractivity contribution in [3.05, 3.63) is 30.3 Å². The summed E-state index contributed by atoms with van der Waals surface area (Å²) in [6.07, 6.45) is -1.58. The molecule has 1 aromatic rings. The summed E-state index contributed by atoms with van der Waals surface area (Å²) in [5.41, 5.74) is 0.506. The molecular formula is C12H13NO5. The van der Waals surface area contributed by atoms with Crippen LogP contribution < -0.4 is 5.32 Å². The molecule has 0 heterocycles. The Balaban J connectivity index is 2.69. The third-order valence-electron chi connectivity index (χ3n) is 1.80. The van der Waals surface area contributed by atoms with Gasteiger partial charge in [0.15, 0.2) is 0 Å². The number of nitrogens with one attached hydrogen (secondary N) is 1. The van der Waals surface area contributed by atoms with Crippen molar-refractivity contribution in [3.63, 3.8) is 0 Å². The van der Waals surface area contributed by atoms with Crippen LogP contribution in [0.5, 0.6) is 0 Å². The van der Waals surface area contributed by atoms with Crippen LogP contribution in [-0.4, -0.2) is 24.1 Å². The highest BCUT2D eigenvalue weighted by atomic mass is 16.7. The topological polar surface area (TPSA) is 81.7 Å². The van der Waals surface area contributed by atoms with E-state index in [1.54, 1.807) is 30.3 Å². The zero-order valence-electron chi connectivity index (χ0n) is 10.0. The maximum absolute atomic E-state index is 11.7. The second kappa shape index (κ2) is 6.39. The zero-order chi connectivity index (χ0) is 13.5. The molecule has 0 radical (unpaired) electrons. The third kappa shape index (κ3) is 4.65. The maximum atomic E-state index is 11.7. The normalized spacial score (nSPS) is 9.72. The van der Waals surface area contributed by atoms with E-state index in [0.717, 1.165) is 13.8 Å². The predicted octanol–water partition coefficient (Wildman–Crippen LogP) is 1.08. The largest absolute Gasteiger partial charge is 0.416 e. The van der Waals surface area contributed by atoms with Crippen molar-refractivity contribution < 1.29 is 23.9 Å². The van der Waals surface area contributed by atoms with Crippen molar-refractivity contribution in [1.29, 1.82) is 0 Å². The highest BCUT2D eigenvalue weighted by molar-refractivity contribution is 5.95. The van der Waals surface area contributed by atoms with Gasteiger partial charge in [0, 0.05) is 19.5 Å². The highest BCUT2D eigenvalue weighted by Gasteiger charge is 2.24. The lowest BCUT2D eigenvalue weighted by molar-refractivity contribution is -0.188. The minimum atomic E-state index is -1.58. The lowest BCUT2D eigenvalue weighted by Crippen LogP contribution is -2.35. The summed E-state index contributed by atoms with van der Waals surface area (Å²) < 4.78 is 9.20. The van der Waals surface area contributed by atoms with Crippen LogP contribution >= 0.6 is 0 Å². The molecule has 0 aromatic heterocycles. The van der Waals surface area contributed by atoms with Gasteiger partial charge >= 0.3 is 24.1 Å². The van der Waals surface area contributed by atoms with Crippen LogP contribution in [0, 0.1) is 0 Å². The maximum Gasteiger partial charge on any atom is 0.326 e. The second-order valence-corrected chi connectivity index (χ2v) is 3.41. The Morgan fingerprint density at radius 3 is 1.94 bits per heavy atom. The molecule has 1 aromatic carbocycles. The summed E-state index contributed by atoms with van der Waals surface area (Å²) in [6, 6.07) is 8.53. The first-order valence-corrected chi connectivity index (χ1v) is 5.19. The number of anilines is 1. The third-order valence-corrected chi connectivity index (χ3v) is 1.80. The minimum Gasteiger partial charge on any atom is -0.416 e. The lowest BCUT2D eigenvalue weighted by atomic mass is 10.3. The van der Waals surface area contributed by atoms with Gasteiger partial charge in [0.25, 0.3) is 0 Å². The van der Waals surface area contributed by atoms with Crippen LogP contribution in [0.2, 0.25) is 0 Å². The van der Waals surface area contributed by atoms with Gasteiger partial charge in [0.05, 0.1) is 0 Å². The fourth-order valence-corrected chi connectivity index (χ4v) is 1.16. The number of rotatable bonds is 4. The molecule has 0 spiro atoms. The predicted molar refractivity (Wildman–Crippen MR) is 62.4 cm³/mol. The van der Waals surface area contributed by atoms with E-state index >= 15 is 0 Å². The number of amides is 1. The van der Waals surface area contributed by atoms with Crippen LogP contribution in [-0.2, 0) is 23.9 Å². The van der Waals surface area contributed by atoms with Gasteiger partial charge in [0.1, 0.15) is 0 Å². The number of benzene rings is 1. The van der Waals surface area contributed by atoms with Gasteiger partial charge in [-0.25, -0.2) is 0 Å². The average molecular weight is 251 g/mol. The molecule has 0 aliphatic rings. The van der Waals surface area contributed by atoms with E-state index < -0.39 is 24.1 Å². The van der Waals surface area contributed by atoms with Gasteiger partial charge < -0.3 is 14.8 Å². The molecule has 0 bridgehead atoms. The Hall–Kier alpha value is -2.37. The Morgan fingerprint density at radius 1 is 1.00 bits per heavy atom. The molecule has 1 N–H and O–H groups in total. The van der Waals surface area contributed by atoms with E-state index in [-0.39, 0.29) is 0 Å². The summed E-state index contributed by atoms with van der Waals surface area (Å²) in [4.78, 5) is 33.3. The molecule has 0 saturated heterocycles. The van der Waals surface area contributed by atoms with Crippen LogP contribution in [0.3, 0.4) is 0 Å². The Bertz CT molecular complexity index is 427. The molecule has 0 saturated carbocycles. The van der Waals surface area contributed by atoms with Gasteiger partial charge in [-0.1, -0.05) is 18.2 Å². The molecule has 0 atom stereocenters. The molecule has 6 heteroatoms. The molecule has 96 valence electrons. The summed E-state index contributed by atoms with van der Waals surface area (Å²) in [5, 5.41) is 2.46. The van der Waals surface area contributed by atoms with Gasteiger partial charge in [-0.3, -0.25) is 14.4 Å². The molecule has 0 unspecified atom stereocenters. The van der Waals surface area contributed by atoms with Crippen LogP contribution in [0.4, 0.5) is 5.69 Å². The van der Waals surface area contributed by atoms with Gasteiger partial charge in [-0.15, -0.1) is 0 Å². The first-order chi connectivity index (χ1) is 8.49. The summed E-state index contributed by atoms with van der Waals surface area (Å²) in [7, 11) is 0. The smallest absolute Gasteiger partial charge is 0.326 e. The first kappa shape index (κ1) is 13.7. The van der Waals surface area contributed by atoms with Crippen LogP contribution in [0.1, 0.15) is 13.8 Å². The number of para-hydroxylation sites is 1. The molecule has 6 nitrogen and oxygen atoms in total. The first-order valence-electron chi connectivity index (χ1n) is 5.19. The summed E-state index contributed by atoms with van der Waals surface area (Å²) in [5.74, 6) is -2.17. The fraction of sp³-hybridized carbons (Fsp3) is 0.250. The van der Waals surface area contributed by atoms with Crippen molar-refractivity contribution in [2.24, 2.45) is 0 Å². The number of carbonyl (C=O) groups excluding carboxylic acids is 3. The van der Waals surface area contributed by atoms with Crippen molar-refractivity contribution in [2.45, 2.75) is 20.1 Å². The lowest BCUT2D eigenvalue weighted by Gasteiger charge is -2.15. The molecule has 0 aliphatic heterocycles. The zero-order valence-corrected chi connectivity index (χ0v) is 10.0. The fourth-order valence-electron chi connectivity index (χ4n) is 1.16. The van der Waals surface area contributed by atoms with E-state index in [9.17, 15) is 14.4 Å². The van der Waals surface area contributed by atoms with Crippen molar-refractivity contribution in [2.75, 3.05) is 5.32 Å². The van der Waals surface area contributed by atoms with Crippen LogP contribution in [0.25, 0.3) is 0 Å². The van der Waals surface area contributed by atoms with Crippen molar-refractivity contribution >= 4 is 23.5 Å². The highest BCUT2D eigenvalue weighted by Crippen LogP contribution is 2.07. The number of ether oxygens (including phenoxy) is 2. The molecular weight excluding hydrogens is 238 g/mol. The van der Waals surface area contributed by atoms with E-state index in [1.165, 1.54) is 0 Å². The Labute approximate surface area is 104 Å². The number of hydrogen-bond acceptors (Lipinski definition) is 5. The average Bonchev–Trinajstić information content (AvgIpc) is 2.28. The monoisotopic (exact) mass is 251 g/mol. The number of carbonyl (C=O) groups is 3. The molecule has 1 rings (SSSR count). The molecule has 0 aliphatic carbocycles. The Kier molecular flexibility index (Phi) is 4.86. The number of esters is 2. The summed E-state index contributed by atoms with van der Waals surface area (Å²) in [6.45, 7) is 2.23. The molecule has 1 amide bonds.